The summed E-state index contributed by atoms with van der Waals surface area (Å²) in [7, 11) is 3.75. The van der Waals surface area contributed by atoms with Gasteiger partial charge in [-0.1, -0.05) is 0 Å². The molecule has 0 spiro atoms. The number of oxazole rings is 1. The lowest BCUT2D eigenvalue weighted by atomic mass is 10.1. The van der Waals surface area contributed by atoms with Crippen LogP contribution in [0.1, 0.15) is 28.1 Å². The summed E-state index contributed by atoms with van der Waals surface area (Å²) in [5.74, 6) is 1.61. The number of halogens is 1. The molecule has 0 saturated carbocycles. The van der Waals surface area contributed by atoms with E-state index < -0.39 is 0 Å². The molecule has 0 aromatic carbocycles. The zero-order valence-corrected chi connectivity index (χ0v) is 16.2. The third kappa shape index (κ3) is 3.47. The molecule has 1 aliphatic rings. The van der Waals surface area contributed by atoms with Crippen LogP contribution < -0.4 is 5.32 Å². The average molecular weight is 392 g/mol. The van der Waals surface area contributed by atoms with Crippen LogP contribution in [0.5, 0.6) is 0 Å². The molecule has 27 heavy (non-hydrogen) atoms. The highest BCUT2D eigenvalue weighted by Crippen LogP contribution is 2.26. The molecule has 1 amide bonds. The van der Waals surface area contributed by atoms with E-state index in [2.05, 4.69) is 20.4 Å². The van der Waals surface area contributed by atoms with Crippen LogP contribution in [0, 0.1) is 6.92 Å². The minimum Gasteiger partial charge on any atom is -0.440 e. The first kappa shape index (κ1) is 19.1. The number of hydrogen-bond acceptors (Lipinski definition) is 6. The second-order valence-electron chi connectivity index (χ2n) is 6.44. The van der Waals surface area contributed by atoms with Crippen molar-refractivity contribution in [3.63, 3.8) is 0 Å². The van der Waals surface area contributed by atoms with Gasteiger partial charge < -0.3 is 19.2 Å². The van der Waals surface area contributed by atoms with E-state index in [9.17, 15) is 4.79 Å². The molecule has 10 heteroatoms. The molecule has 0 aliphatic carbocycles. The van der Waals surface area contributed by atoms with E-state index in [0.717, 1.165) is 17.9 Å². The Morgan fingerprint density at radius 3 is 2.85 bits per heavy atom. The summed E-state index contributed by atoms with van der Waals surface area (Å²) in [4.78, 5) is 23.9. The highest BCUT2D eigenvalue weighted by molar-refractivity contribution is 5.94. The molecule has 3 aromatic rings. The van der Waals surface area contributed by atoms with Crippen LogP contribution in [0.4, 0.5) is 0 Å². The zero-order chi connectivity index (χ0) is 18.3. The molecule has 3 aromatic heterocycles. The maximum atomic E-state index is 13.2. The summed E-state index contributed by atoms with van der Waals surface area (Å²) < 4.78 is 9.34. The summed E-state index contributed by atoms with van der Waals surface area (Å²) in [6.45, 7) is 3.74. The summed E-state index contributed by atoms with van der Waals surface area (Å²) >= 11 is 0. The van der Waals surface area contributed by atoms with E-state index in [4.69, 9.17) is 4.42 Å². The number of carbonyl (C=O) groups excluding carboxylic acids is 1. The monoisotopic (exact) mass is 391 g/mol. The van der Waals surface area contributed by atoms with Gasteiger partial charge in [0.05, 0.1) is 11.8 Å². The lowest BCUT2D eigenvalue weighted by Crippen LogP contribution is -2.49. The Balaban J connectivity index is 0.00000210. The van der Waals surface area contributed by atoms with Crippen molar-refractivity contribution in [1.29, 1.82) is 0 Å². The van der Waals surface area contributed by atoms with Crippen LogP contribution in [-0.4, -0.2) is 54.8 Å². The molecule has 1 N–H and O–H groups in total. The third-order valence-electron chi connectivity index (χ3n) is 4.61. The maximum absolute atomic E-state index is 13.2. The number of nitrogens with one attached hydrogen (secondary N) is 1. The predicted octanol–water partition coefficient (Wildman–Crippen LogP) is 1.33. The number of amides is 1. The van der Waals surface area contributed by atoms with Crippen molar-refractivity contribution in [2.45, 2.75) is 13.0 Å². The van der Waals surface area contributed by atoms with Gasteiger partial charge in [-0.2, -0.15) is 5.10 Å². The number of nitrogens with zero attached hydrogens (tertiary/aromatic N) is 6. The number of carbonyl (C=O) groups is 1. The van der Waals surface area contributed by atoms with E-state index in [1.165, 1.54) is 0 Å². The molecule has 9 nitrogen and oxygen atoms in total. The van der Waals surface area contributed by atoms with Gasteiger partial charge in [0.2, 0.25) is 5.89 Å². The summed E-state index contributed by atoms with van der Waals surface area (Å²) in [5.41, 5.74) is 1.08. The molecular weight excluding hydrogens is 370 g/mol. The Morgan fingerprint density at radius 1 is 1.37 bits per heavy atom. The molecule has 144 valence electrons. The molecule has 0 radical (unpaired) electrons. The van der Waals surface area contributed by atoms with E-state index in [1.807, 2.05) is 29.8 Å². The van der Waals surface area contributed by atoms with Crippen LogP contribution in [0.25, 0.3) is 11.5 Å². The normalized spacial score (nSPS) is 17.0. The first-order chi connectivity index (χ1) is 12.5. The lowest BCUT2D eigenvalue weighted by Gasteiger charge is -2.35. The maximum Gasteiger partial charge on any atom is 0.276 e. The van der Waals surface area contributed by atoms with Crippen molar-refractivity contribution < 1.29 is 9.21 Å². The van der Waals surface area contributed by atoms with Gasteiger partial charge in [0.25, 0.3) is 5.91 Å². The molecule has 1 aliphatic heterocycles. The molecule has 4 rings (SSSR count). The van der Waals surface area contributed by atoms with Crippen molar-refractivity contribution in [3.8, 4) is 11.5 Å². The largest absolute Gasteiger partial charge is 0.440 e. The Hall–Kier alpha value is -2.65. The Morgan fingerprint density at radius 2 is 2.19 bits per heavy atom. The standard InChI is InChI=1S/C17H21N7O2.ClH/c1-11-14(21-16(26-11)12-8-20-23(3)10-12)17(25)24-7-4-18-9-13(24)15-19-5-6-22(15)2;/h5-6,8,10,13,18H,4,7,9H2,1-3H3;1H. The minimum atomic E-state index is -0.144. The number of hydrogen-bond donors (Lipinski definition) is 1. The first-order valence-corrected chi connectivity index (χ1v) is 8.50. The summed E-state index contributed by atoms with van der Waals surface area (Å²) in [5, 5.41) is 7.46. The van der Waals surface area contributed by atoms with Gasteiger partial charge in [0.15, 0.2) is 5.69 Å². The molecule has 1 fully saturated rings. The van der Waals surface area contributed by atoms with Crippen LogP contribution in [-0.2, 0) is 14.1 Å². The highest BCUT2D eigenvalue weighted by atomic mass is 35.5. The fourth-order valence-electron chi connectivity index (χ4n) is 3.26. The van der Waals surface area contributed by atoms with Crippen LogP contribution in [0.2, 0.25) is 0 Å². The number of piperazine rings is 1. The van der Waals surface area contributed by atoms with Crippen molar-refractivity contribution >= 4 is 18.3 Å². The van der Waals surface area contributed by atoms with Crippen LogP contribution in [0.3, 0.4) is 0 Å². The van der Waals surface area contributed by atoms with Gasteiger partial charge in [-0.3, -0.25) is 9.48 Å². The Kier molecular flexibility index (Phi) is 5.33. The second kappa shape index (κ2) is 7.53. The van der Waals surface area contributed by atoms with Crippen molar-refractivity contribution in [3.05, 3.63) is 42.1 Å². The molecule has 1 unspecified atom stereocenters. The molecule has 1 atom stereocenters. The average Bonchev–Trinajstić information content (AvgIpc) is 3.34. The number of aryl methyl sites for hydroxylation is 3. The van der Waals surface area contributed by atoms with E-state index in [-0.39, 0.29) is 24.4 Å². The SMILES string of the molecule is Cc1oc(-c2cnn(C)c2)nc1C(=O)N1CCNCC1c1nccn1C.Cl. The van der Waals surface area contributed by atoms with Gasteiger partial charge in [0, 0.05) is 52.3 Å². The van der Waals surface area contributed by atoms with Gasteiger partial charge >= 0.3 is 0 Å². The number of rotatable bonds is 3. The van der Waals surface area contributed by atoms with E-state index in [1.54, 1.807) is 30.2 Å². The molecule has 1 saturated heterocycles. The van der Waals surface area contributed by atoms with Crippen molar-refractivity contribution in [1.82, 2.24) is 34.5 Å². The fraction of sp³-hybridized carbons (Fsp3) is 0.412. The molecule has 4 heterocycles. The first-order valence-electron chi connectivity index (χ1n) is 8.50. The molecular formula is C17H22ClN7O2. The topological polar surface area (TPSA) is 94.0 Å². The van der Waals surface area contributed by atoms with Gasteiger partial charge in [-0.05, 0) is 6.92 Å². The van der Waals surface area contributed by atoms with E-state index >= 15 is 0 Å². The van der Waals surface area contributed by atoms with Crippen LogP contribution >= 0.6 is 12.4 Å². The number of imidazole rings is 1. The third-order valence-corrected chi connectivity index (χ3v) is 4.61. The van der Waals surface area contributed by atoms with Crippen LogP contribution in [0.15, 0.2) is 29.2 Å². The zero-order valence-electron chi connectivity index (χ0n) is 15.4. The highest BCUT2D eigenvalue weighted by Gasteiger charge is 2.33. The Labute approximate surface area is 162 Å². The summed E-state index contributed by atoms with van der Waals surface area (Å²) in [6.07, 6.45) is 7.10. The fourth-order valence-corrected chi connectivity index (χ4v) is 3.26. The predicted molar refractivity (Wildman–Crippen MR) is 101 cm³/mol. The van der Waals surface area contributed by atoms with E-state index in [0.29, 0.717) is 30.4 Å². The number of aromatic nitrogens is 5. The Bertz CT molecular complexity index is 945. The van der Waals surface area contributed by atoms with Crippen molar-refractivity contribution in [2.24, 2.45) is 14.1 Å². The summed E-state index contributed by atoms with van der Waals surface area (Å²) in [6, 6.07) is -0.144. The van der Waals surface area contributed by atoms with Crippen molar-refractivity contribution in [2.75, 3.05) is 19.6 Å². The quantitative estimate of drug-likeness (QED) is 0.723. The van der Waals surface area contributed by atoms with Gasteiger partial charge in [0.1, 0.15) is 17.6 Å². The van der Waals surface area contributed by atoms with Gasteiger partial charge in [-0.15, -0.1) is 12.4 Å². The van der Waals surface area contributed by atoms with Gasteiger partial charge in [-0.25, -0.2) is 9.97 Å². The lowest BCUT2D eigenvalue weighted by molar-refractivity contribution is 0.0613. The molecule has 0 bridgehead atoms. The minimum absolute atomic E-state index is 0. The smallest absolute Gasteiger partial charge is 0.276 e. The second-order valence-corrected chi connectivity index (χ2v) is 6.44.